The molecule has 4 aliphatic heterocycles. The molecule has 400 valence electrons. The second-order valence-electron chi connectivity index (χ2n) is 23.9. The first-order valence-corrected chi connectivity index (χ1v) is 29.6. The Morgan fingerprint density at radius 1 is 0.487 bits per heavy atom. The van der Waals surface area contributed by atoms with Crippen molar-refractivity contribution >= 4 is 28.5 Å². The molecule has 10 unspecified atom stereocenters. The number of piperidine rings is 4. The second-order valence-corrected chi connectivity index (χ2v) is 23.9. The predicted octanol–water partition coefficient (Wildman–Crippen LogP) is 12.9. The summed E-state index contributed by atoms with van der Waals surface area (Å²) in [6, 6.07) is 32.7. The largest absolute Gasteiger partial charge is 0.316 e. The summed E-state index contributed by atoms with van der Waals surface area (Å²) in [5, 5.41) is 15.4. The SMILES string of the molecule is CCC(C1CCCNC1)C1(C(=O)C2(C(CC)C3CCCNC3)C=C(C(=O)c3ccccc3)C(c3cccc(C)c3C)=CC2C2CCCNC2)C=C(C(=O)c2ccccc2)C(c2cccc(C)c2C)=CC1C1CCCNC1. The van der Waals surface area contributed by atoms with Crippen LogP contribution >= 0.6 is 0 Å². The minimum atomic E-state index is -1.14. The molecule has 0 bridgehead atoms. The first-order valence-electron chi connectivity index (χ1n) is 29.6. The summed E-state index contributed by atoms with van der Waals surface area (Å²) in [7, 11) is 0. The number of nitrogens with one attached hydrogen (secondary N) is 4. The summed E-state index contributed by atoms with van der Waals surface area (Å²) in [6.45, 7) is 20.4. The number of carbonyl (C=O) groups excluding carboxylic acids is 3. The number of benzene rings is 4. The van der Waals surface area contributed by atoms with Gasteiger partial charge in [0.25, 0.3) is 0 Å². The van der Waals surface area contributed by atoms with E-state index in [4.69, 9.17) is 0 Å². The molecule has 2 aliphatic carbocycles. The van der Waals surface area contributed by atoms with Gasteiger partial charge in [-0.15, -0.1) is 0 Å². The Labute approximate surface area is 455 Å². The van der Waals surface area contributed by atoms with Gasteiger partial charge in [0.05, 0.1) is 10.8 Å². The number of aryl methyl sites for hydroxylation is 2. The molecule has 4 fully saturated rings. The summed E-state index contributed by atoms with van der Waals surface area (Å²) in [4.78, 5) is 51.3. The maximum atomic E-state index is 19.1. The zero-order chi connectivity index (χ0) is 53.0. The van der Waals surface area contributed by atoms with E-state index in [1.165, 1.54) is 11.1 Å². The quantitative estimate of drug-likeness (QED) is 0.0830. The molecule has 7 nitrogen and oxygen atoms in total. The zero-order valence-corrected chi connectivity index (χ0v) is 46.6. The van der Waals surface area contributed by atoms with Crippen molar-refractivity contribution in [3.63, 3.8) is 0 Å². The van der Waals surface area contributed by atoms with E-state index in [0.29, 0.717) is 22.3 Å². The van der Waals surface area contributed by atoms with Gasteiger partial charge in [0.2, 0.25) is 0 Å². The Balaban J connectivity index is 1.36. The average molecular weight is 1020 g/mol. The van der Waals surface area contributed by atoms with E-state index >= 15 is 14.4 Å². The Morgan fingerprint density at radius 3 is 1.21 bits per heavy atom. The van der Waals surface area contributed by atoms with Gasteiger partial charge in [-0.25, -0.2) is 0 Å². The van der Waals surface area contributed by atoms with Crippen LogP contribution in [0.4, 0.5) is 0 Å². The summed E-state index contributed by atoms with van der Waals surface area (Å²) in [5.41, 5.74) is 8.96. The van der Waals surface area contributed by atoms with Crippen molar-refractivity contribution in [2.75, 3.05) is 52.4 Å². The summed E-state index contributed by atoms with van der Waals surface area (Å²) in [6.07, 6.45) is 19.3. The fourth-order valence-electron chi connectivity index (χ4n) is 15.9. The van der Waals surface area contributed by atoms with Gasteiger partial charge in [-0.1, -0.05) is 148 Å². The number of Topliss-reactive ketones (excluding diaryl/α,β-unsaturated/α-hetero) is 3. The summed E-state index contributed by atoms with van der Waals surface area (Å²) >= 11 is 0. The molecule has 4 heterocycles. The molecule has 10 atom stereocenters. The van der Waals surface area contributed by atoms with Crippen LogP contribution in [-0.2, 0) is 4.79 Å². The van der Waals surface area contributed by atoms with Crippen molar-refractivity contribution in [1.82, 2.24) is 21.3 Å². The molecule has 0 radical (unpaired) electrons. The van der Waals surface area contributed by atoms with Gasteiger partial charge >= 0.3 is 0 Å². The molecule has 4 saturated heterocycles. The van der Waals surface area contributed by atoms with E-state index < -0.39 is 10.8 Å². The van der Waals surface area contributed by atoms with Gasteiger partial charge in [0, 0.05) is 22.3 Å². The third kappa shape index (κ3) is 10.1. The lowest BCUT2D eigenvalue weighted by atomic mass is 9.43. The Kier molecular flexibility index (Phi) is 16.9. The maximum Gasteiger partial charge on any atom is 0.193 e. The number of rotatable bonds is 16. The van der Waals surface area contributed by atoms with Crippen LogP contribution in [0.25, 0.3) is 11.1 Å². The fourth-order valence-corrected chi connectivity index (χ4v) is 15.9. The van der Waals surface area contributed by atoms with Crippen molar-refractivity contribution in [2.24, 2.45) is 58.2 Å². The molecule has 0 saturated carbocycles. The Bertz CT molecular complexity index is 2660. The molecule has 76 heavy (non-hydrogen) atoms. The number of allylic oxidation sites excluding steroid dienone is 8. The van der Waals surface area contributed by atoms with Gasteiger partial charge in [-0.2, -0.15) is 0 Å². The normalized spacial score (nSPS) is 29.0. The zero-order valence-electron chi connectivity index (χ0n) is 46.6. The highest BCUT2D eigenvalue weighted by Crippen LogP contribution is 2.64. The topological polar surface area (TPSA) is 99.3 Å². The van der Waals surface area contributed by atoms with Crippen LogP contribution in [-0.4, -0.2) is 69.7 Å². The number of carbonyl (C=O) groups is 3. The van der Waals surface area contributed by atoms with Gasteiger partial charge in [0.15, 0.2) is 17.3 Å². The molecule has 0 amide bonds. The molecule has 0 spiro atoms. The van der Waals surface area contributed by atoms with Gasteiger partial charge < -0.3 is 21.3 Å². The lowest BCUT2D eigenvalue weighted by Gasteiger charge is -2.59. The fraction of sp³-hybridized carbons (Fsp3) is 0.493. The Morgan fingerprint density at radius 2 is 0.868 bits per heavy atom. The van der Waals surface area contributed by atoms with E-state index in [1.54, 1.807) is 0 Å². The van der Waals surface area contributed by atoms with Crippen LogP contribution in [0.3, 0.4) is 0 Å². The molecule has 7 heteroatoms. The lowest BCUT2D eigenvalue weighted by molar-refractivity contribution is -0.152. The summed E-state index contributed by atoms with van der Waals surface area (Å²) < 4.78 is 0. The molecular weight excluding hydrogens is 933 g/mol. The van der Waals surface area contributed by atoms with Crippen molar-refractivity contribution in [2.45, 2.75) is 106 Å². The first kappa shape index (κ1) is 54.1. The van der Waals surface area contributed by atoms with Crippen molar-refractivity contribution in [3.05, 3.63) is 177 Å². The summed E-state index contributed by atoms with van der Waals surface area (Å²) in [5.74, 6) is 0.0831. The molecule has 6 aliphatic rings. The van der Waals surface area contributed by atoms with E-state index in [0.717, 1.165) is 150 Å². The third-order valence-electron chi connectivity index (χ3n) is 19.9. The smallest absolute Gasteiger partial charge is 0.193 e. The highest BCUT2D eigenvalue weighted by molar-refractivity contribution is 6.22. The van der Waals surface area contributed by atoms with E-state index in [-0.39, 0.29) is 64.7 Å². The molecule has 4 aromatic rings. The Hall–Kier alpha value is -5.31. The van der Waals surface area contributed by atoms with E-state index in [1.807, 2.05) is 60.7 Å². The second kappa shape index (κ2) is 23.7. The van der Waals surface area contributed by atoms with Crippen LogP contribution < -0.4 is 21.3 Å². The molecule has 10 rings (SSSR count). The number of hydrogen-bond donors (Lipinski definition) is 4. The first-order chi connectivity index (χ1) is 37.0. The van der Waals surface area contributed by atoms with Gasteiger partial charge in [0.1, 0.15) is 0 Å². The molecule has 4 N–H and O–H groups in total. The average Bonchev–Trinajstić information content (AvgIpc) is 3.66. The maximum absolute atomic E-state index is 19.1. The monoisotopic (exact) mass is 1020 g/mol. The highest BCUT2D eigenvalue weighted by atomic mass is 16.1. The number of ketones is 3. The standard InChI is InChI=1S/C69H86N4O3/c1-7-61(51-27-17-33-70-41-51)68(39-59(65(74)49-23-11-9-12-24-49)57(55-31-15-21-45(3)47(55)5)37-63(68)53-29-19-35-72-43-53)67(76)69(62(8-2)52-28-18-34-71-42-52)40-60(66(75)50-25-13-10-14-26-50)58(56-32-16-22-46(4)48(56)6)38-64(69)54-30-20-36-73-44-54/h9-16,21-26,31-32,37-40,51-54,61-64,70-73H,7-8,17-20,27-30,33-36,41-44H2,1-6H3. The van der Waals surface area contributed by atoms with E-state index in [9.17, 15) is 0 Å². The minimum Gasteiger partial charge on any atom is -0.316 e. The lowest BCUT2D eigenvalue weighted by Crippen LogP contribution is -2.62. The van der Waals surface area contributed by atoms with Crippen LogP contribution in [0.15, 0.2) is 133 Å². The van der Waals surface area contributed by atoms with E-state index in [2.05, 4.69) is 124 Å². The van der Waals surface area contributed by atoms with Crippen LogP contribution in [0.5, 0.6) is 0 Å². The molecular formula is C69H86N4O3. The minimum absolute atomic E-state index is 0.0383. The van der Waals surface area contributed by atoms with Crippen LogP contribution in [0, 0.1) is 85.9 Å². The highest BCUT2D eigenvalue weighted by Gasteiger charge is 2.65. The van der Waals surface area contributed by atoms with Crippen molar-refractivity contribution in [1.29, 1.82) is 0 Å². The van der Waals surface area contributed by atoms with Crippen LogP contribution in [0.2, 0.25) is 0 Å². The van der Waals surface area contributed by atoms with Crippen molar-refractivity contribution in [3.8, 4) is 0 Å². The van der Waals surface area contributed by atoms with Crippen LogP contribution in [0.1, 0.15) is 132 Å². The number of hydrogen-bond acceptors (Lipinski definition) is 7. The van der Waals surface area contributed by atoms with Gasteiger partial charge in [-0.05, 0) is 223 Å². The predicted molar refractivity (Wildman–Crippen MR) is 312 cm³/mol. The third-order valence-corrected chi connectivity index (χ3v) is 19.9. The van der Waals surface area contributed by atoms with Gasteiger partial charge in [-0.3, -0.25) is 14.4 Å². The van der Waals surface area contributed by atoms with Crippen molar-refractivity contribution < 1.29 is 14.4 Å². The molecule has 0 aromatic heterocycles. The molecule has 4 aromatic carbocycles.